The average Bonchev–Trinajstić information content (AvgIpc) is 2.53. The Balaban J connectivity index is 2.75. The molecule has 0 spiro atoms. The highest BCUT2D eigenvalue weighted by atomic mass is 32.1. The van der Waals surface area contributed by atoms with Gasteiger partial charge in [0.25, 0.3) is 6.43 Å². The Labute approximate surface area is 71.4 Å². The highest BCUT2D eigenvalue weighted by Crippen LogP contribution is 2.30. The zero-order valence-electron chi connectivity index (χ0n) is 6.29. The van der Waals surface area contributed by atoms with Gasteiger partial charge < -0.3 is 0 Å². The van der Waals surface area contributed by atoms with E-state index in [-0.39, 0.29) is 5.69 Å². The molecule has 0 aromatic carbocycles. The van der Waals surface area contributed by atoms with Crippen molar-refractivity contribution in [2.75, 3.05) is 0 Å². The van der Waals surface area contributed by atoms with Crippen LogP contribution >= 0.6 is 11.3 Å². The predicted molar refractivity (Wildman–Crippen MR) is 43.5 cm³/mol. The number of thiophene rings is 1. The molecule has 0 amide bonds. The molecule has 0 aliphatic heterocycles. The number of rotatable bonds is 1. The van der Waals surface area contributed by atoms with Gasteiger partial charge in [-0.3, -0.25) is 4.68 Å². The lowest BCUT2D eigenvalue weighted by Crippen LogP contribution is -1.91. The van der Waals surface area contributed by atoms with Gasteiger partial charge in [-0.2, -0.15) is 5.10 Å². The van der Waals surface area contributed by atoms with E-state index in [0.29, 0.717) is 4.70 Å². The third kappa shape index (κ3) is 0.929. The number of hydrogen-bond donors (Lipinski definition) is 0. The molecular formula is C7H6F2N2S. The van der Waals surface area contributed by atoms with Crippen LogP contribution in [0.1, 0.15) is 12.1 Å². The van der Waals surface area contributed by atoms with E-state index in [9.17, 15) is 8.78 Å². The van der Waals surface area contributed by atoms with Crippen LogP contribution in [0.2, 0.25) is 0 Å². The Morgan fingerprint density at radius 1 is 1.58 bits per heavy atom. The summed E-state index contributed by atoms with van der Waals surface area (Å²) < 4.78 is 26.7. The van der Waals surface area contributed by atoms with E-state index in [1.54, 1.807) is 18.5 Å². The second-order valence-electron chi connectivity index (χ2n) is 2.44. The van der Waals surface area contributed by atoms with Crippen molar-refractivity contribution in [3.63, 3.8) is 0 Å². The molecule has 0 aliphatic rings. The second-order valence-corrected chi connectivity index (χ2v) is 3.36. The van der Waals surface area contributed by atoms with Crippen LogP contribution in [0.5, 0.6) is 0 Å². The first-order valence-corrected chi connectivity index (χ1v) is 4.26. The van der Waals surface area contributed by atoms with Crippen molar-refractivity contribution >= 4 is 21.6 Å². The third-order valence-electron chi connectivity index (χ3n) is 1.69. The highest BCUT2D eigenvalue weighted by molar-refractivity contribution is 7.17. The zero-order valence-corrected chi connectivity index (χ0v) is 7.11. The van der Waals surface area contributed by atoms with Gasteiger partial charge in [0.1, 0.15) is 5.69 Å². The first kappa shape index (κ1) is 7.67. The van der Waals surface area contributed by atoms with Crippen molar-refractivity contribution in [3.05, 3.63) is 17.1 Å². The van der Waals surface area contributed by atoms with Crippen LogP contribution < -0.4 is 0 Å². The third-order valence-corrected chi connectivity index (χ3v) is 2.62. The number of fused-ring (bicyclic) bond motifs is 1. The molecule has 12 heavy (non-hydrogen) atoms. The SMILES string of the molecule is Cn1nc(C(F)F)c2sccc21. The number of nitrogens with zero attached hydrogens (tertiary/aromatic N) is 2. The molecule has 0 saturated carbocycles. The molecule has 0 N–H and O–H groups in total. The Morgan fingerprint density at radius 3 is 3.00 bits per heavy atom. The van der Waals surface area contributed by atoms with E-state index < -0.39 is 6.43 Å². The summed E-state index contributed by atoms with van der Waals surface area (Å²) >= 11 is 1.30. The molecule has 5 heteroatoms. The van der Waals surface area contributed by atoms with Crippen LogP contribution in [0.25, 0.3) is 10.2 Å². The topological polar surface area (TPSA) is 17.8 Å². The standard InChI is InChI=1S/C7H6F2N2S/c1-11-4-2-3-12-6(4)5(10-11)7(8)9/h2-3,7H,1H3. The quantitative estimate of drug-likeness (QED) is 0.672. The fourth-order valence-electron chi connectivity index (χ4n) is 1.15. The van der Waals surface area contributed by atoms with Crippen molar-refractivity contribution in [2.24, 2.45) is 7.05 Å². The minimum Gasteiger partial charge on any atom is -0.267 e. The monoisotopic (exact) mass is 188 g/mol. The summed E-state index contributed by atoms with van der Waals surface area (Å²) in [5, 5.41) is 5.52. The Bertz CT molecular complexity index is 404. The van der Waals surface area contributed by atoms with Gasteiger partial charge in [-0.25, -0.2) is 8.78 Å². The summed E-state index contributed by atoms with van der Waals surface area (Å²) in [5.74, 6) is 0. The average molecular weight is 188 g/mol. The first-order chi connectivity index (χ1) is 5.70. The van der Waals surface area contributed by atoms with E-state index in [1.807, 2.05) is 0 Å². The first-order valence-electron chi connectivity index (χ1n) is 3.38. The maximum atomic E-state index is 12.3. The number of alkyl halides is 2. The lowest BCUT2D eigenvalue weighted by atomic mass is 10.4. The Morgan fingerprint density at radius 2 is 2.33 bits per heavy atom. The minimum atomic E-state index is -2.48. The lowest BCUT2D eigenvalue weighted by molar-refractivity contribution is 0.147. The van der Waals surface area contributed by atoms with Crippen molar-refractivity contribution in [1.29, 1.82) is 0 Å². The van der Waals surface area contributed by atoms with Crippen LogP contribution in [-0.2, 0) is 7.05 Å². The number of hydrogen-bond acceptors (Lipinski definition) is 2. The number of aryl methyl sites for hydroxylation is 1. The molecular weight excluding hydrogens is 182 g/mol. The Hall–Kier alpha value is -0.970. The van der Waals surface area contributed by atoms with Gasteiger partial charge in [-0.05, 0) is 11.4 Å². The van der Waals surface area contributed by atoms with Gasteiger partial charge in [-0.15, -0.1) is 11.3 Å². The van der Waals surface area contributed by atoms with E-state index in [0.717, 1.165) is 5.52 Å². The highest BCUT2D eigenvalue weighted by Gasteiger charge is 2.17. The number of aromatic nitrogens is 2. The van der Waals surface area contributed by atoms with Crippen LogP contribution in [0.3, 0.4) is 0 Å². The van der Waals surface area contributed by atoms with Gasteiger partial charge in [0.2, 0.25) is 0 Å². The van der Waals surface area contributed by atoms with Gasteiger partial charge in [-0.1, -0.05) is 0 Å². The second kappa shape index (κ2) is 2.52. The van der Waals surface area contributed by atoms with Gasteiger partial charge in [0, 0.05) is 7.05 Å². The summed E-state index contributed by atoms with van der Waals surface area (Å²) in [4.78, 5) is 0. The molecule has 64 valence electrons. The van der Waals surface area contributed by atoms with E-state index >= 15 is 0 Å². The molecule has 2 nitrogen and oxygen atoms in total. The normalized spacial score (nSPS) is 11.7. The molecule has 0 radical (unpaired) electrons. The van der Waals surface area contributed by atoms with Crippen LogP contribution in [0.4, 0.5) is 8.78 Å². The molecule has 0 fully saturated rings. The fourth-order valence-corrected chi connectivity index (χ4v) is 2.06. The fraction of sp³-hybridized carbons (Fsp3) is 0.286. The summed E-state index contributed by atoms with van der Waals surface area (Å²) in [5.41, 5.74) is 0.665. The summed E-state index contributed by atoms with van der Waals surface area (Å²) in [6.07, 6.45) is -2.48. The van der Waals surface area contributed by atoms with Crippen molar-refractivity contribution in [1.82, 2.24) is 9.78 Å². The molecule has 2 aromatic heterocycles. The van der Waals surface area contributed by atoms with Crippen molar-refractivity contribution < 1.29 is 8.78 Å². The van der Waals surface area contributed by atoms with Crippen LogP contribution in [-0.4, -0.2) is 9.78 Å². The number of halogens is 2. The molecule has 0 bridgehead atoms. The van der Waals surface area contributed by atoms with Crippen molar-refractivity contribution in [2.45, 2.75) is 6.43 Å². The van der Waals surface area contributed by atoms with E-state index in [2.05, 4.69) is 5.10 Å². The van der Waals surface area contributed by atoms with E-state index in [4.69, 9.17) is 0 Å². The predicted octanol–water partition coefficient (Wildman–Crippen LogP) is 2.57. The summed E-state index contributed by atoms with van der Waals surface area (Å²) in [7, 11) is 1.67. The molecule has 0 unspecified atom stereocenters. The molecule has 2 rings (SSSR count). The smallest absolute Gasteiger partial charge is 0.267 e. The molecule has 0 atom stereocenters. The maximum absolute atomic E-state index is 12.3. The lowest BCUT2D eigenvalue weighted by Gasteiger charge is -1.90. The molecule has 0 aliphatic carbocycles. The Kier molecular flexibility index (Phi) is 1.61. The summed E-state index contributed by atoms with van der Waals surface area (Å²) in [6.45, 7) is 0. The van der Waals surface area contributed by atoms with Gasteiger partial charge >= 0.3 is 0 Å². The molecule has 2 heterocycles. The largest absolute Gasteiger partial charge is 0.283 e. The van der Waals surface area contributed by atoms with Gasteiger partial charge in [0.05, 0.1) is 10.2 Å². The molecule has 2 aromatic rings. The van der Waals surface area contributed by atoms with Crippen molar-refractivity contribution in [3.8, 4) is 0 Å². The zero-order chi connectivity index (χ0) is 8.72. The molecule has 0 saturated heterocycles. The van der Waals surface area contributed by atoms with E-state index in [1.165, 1.54) is 16.0 Å². The summed E-state index contributed by atoms with van der Waals surface area (Å²) in [6, 6.07) is 1.79. The minimum absolute atomic E-state index is 0.109. The van der Waals surface area contributed by atoms with Crippen LogP contribution in [0, 0.1) is 0 Å². The van der Waals surface area contributed by atoms with Crippen LogP contribution in [0.15, 0.2) is 11.4 Å². The van der Waals surface area contributed by atoms with Gasteiger partial charge in [0.15, 0.2) is 0 Å². The maximum Gasteiger partial charge on any atom is 0.283 e.